The molecule has 0 unspecified atom stereocenters. The molecular weight excluding hydrogens is 256 g/mol. The van der Waals surface area contributed by atoms with Gasteiger partial charge in [0.05, 0.1) is 13.2 Å². The van der Waals surface area contributed by atoms with Gasteiger partial charge in [-0.15, -0.1) is 0 Å². The van der Waals surface area contributed by atoms with Crippen molar-refractivity contribution in [3.8, 4) is 0 Å². The van der Waals surface area contributed by atoms with Gasteiger partial charge in [0, 0.05) is 52.1 Å². The molecule has 2 atom stereocenters. The lowest BCUT2D eigenvalue weighted by molar-refractivity contribution is -0.124. The minimum atomic E-state index is 0.203. The van der Waals surface area contributed by atoms with Crippen LogP contribution in [0.15, 0.2) is 12.4 Å². The zero-order valence-electron chi connectivity index (χ0n) is 11.9. The molecular formula is C14H22N4O2. The van der Waals surface area contributed by atoms with Gasteiger partial charge in [-0.25, -0.2) is 4.98 Å². The summed E-state index contributed by atoms with van der Waals surface area (Å²) in [6.07, 6.45) is 4.53. The van der Waals surface area contributed by atoms with Crippen molar-refractivity contribution in [1.29, 1.82) is 0 Å². The molecule has 1 aromatic rings. The summed E-state index contributed by atoms with van der Waals surface area (Å²) < 4.78 is 7.27. The average molecular weight is 278 g/mol. The summed E-state index contributed by atoms with van der Waals surface area (Å²) in [6, 6.07) is 0. The molecule has 3 heterocycles. The maximum atomic E-state index is 11.4. The normalized spacial score (nSPS) is 26.6. The Morgan fingerprint density at radius 2 is 2.30 bits per heavy atom. The molecule has 0 saturated carbocycles. The largest absolute Gasteiger partial charge is 0.383 e. The summed E-state index contributed by atoms with van der Waals surface area (Å²) in [6.45, 7) is 5.30. The van der Waals surface area contributed by atoms with E-state index in [1.54, 1.807) is 7.11 Å². The lowest BCUT2D eigenvalue weighted by Gasteiger charge is -2.23. The smallest absolute Gasteiger partial charge is 0.220 e. The Morgan fingerprint density at radius 1 is 1.45 bits per heavy atom. The van der Waals surface area contributed by atoms with Crippen LogP contribution in [0.25, 0.3) is 0 Å². The Morgan fingerprint density at radius 3 is 3.15 bits per heavy atom. The van der Waals surface area contributed by atoms with Crippen LogP contribution in [0.2, 0.25) is 0 Å². The van der Waals surface area contributed by atoms with Crippen LogP contribution in [0.5, 0.6) is 0 Å². The highest BCUT2D eigenvalue weighted by Crippen LogP contribution is 2.29. The molecule has 6 nitrogen and oxygen atoms in total. The molecule has 2 saturated heterocycles. The van der Waals surface area contributed by atoms with Gasteiger partial charge < -0.3 is 14.6 Å². The van der Waals surface area contributed by atoms with Crippen molar-refractivity contribution in [3.63, 3.8) is 0 Å². The van der Waals surface area contributed by atoms with E-state index in [-0.39, 0.29) is 5.91 Å². The number of amides is 1. The zero-order chi connectivity index (χ0) is 13.9. The van der Waals surface area contributed by atoms with E-state index in [0.29, 0.717) is 24.9 Å². The second-order valence-corrected chi connectivity index (χ2v) is 5.75. The number of likely N-dealkylation sites (tertiary alicyclic amines) is 1. The Hall–Kier alpha value is -1.40. The summed E-state index contributed by atoms with van der Waals surface area (Å²) in [5.41, 5.74) is 0. The zero-order valence-corrected chi connectivity index (χ0v) is 11.9. The fourth-order valence-corrected chi connectivity index (χ4v) is 3.27. The highest BCUT2D eigenvalue weighted by atomic mass is 16.5. The van der Waals surface area contributed by atoms with Crippen molar-refractivity contribution in [2.75, 3.05) is 33.4 Å². The van der Waals surface area contributed by atoms with Gasteiger partial charge in [-0.05, 0) is 11.8 Å². The molecule has 6 heteroatoms. The van der Waals surface area contributed by atoms with Crippen molar-refractivity contribution in [2.45, 2.75) is 19.5 Å². The van der Waals surface area contributed by atoms with Crippen molar-refractivity contribution in [3.05, 3.63) is 18.2 Å². The van der Waals surface area contributed by atoms with Crippen LogP contribution in [-0.2, 0) is 22.6 Å². The van der Waals surface area contributed by atoms with Crippen molar-refractivity contribution in [2.24, 2.45) is 11.8 Å². The number of hydrogen-bond donors (Lipinski definition) is 1. The van der Waals surface area contributed by atoms with E-state index in [9.17, 15) is 4.79 Å². The molecule has 2 aliphatic heterocycles. The van der Waals surface area contributed by atoms with E-state index in [1.165, 1.54) is 0 Å². The quantitative estimate of drug-likeness (QED) is 0.830. The van der Waals surface area contributed by atoms with Crippen LogP contribution >= 0.6 is 0 Å². The second kappa shape index (κ2) is 5.93. The first-order valence-corrected chi connectivity index (χ1v) is 7.24. The highest BCUT2D eigenvalue weighted by Gasteiger charge is 2.37. The maximum absolute atomic E-state index is 11.4. The third-order valence-corrected chi connectivity index (χ3v) is 4.36. The second-order valence-electron chi connectivity index (χ2n) is 5.75. The molecule has 20 heavy (non-hydrogen) atoms. The molecule has 3 rings (SSSR count). The predicted octanol–water partition coefficient (Wildman–Crippen LogP) is 0.0974. The molecule has 1 amide bonds. The molecule has 0 radical (unpaired) electrons. The van der Waals surface area contributed by atoms with Crippen molar-refractivity contribution >= 4 is 5.91 Å². The number of imidazole rings is 1. The number of fused-ring (bicyclic) bond motifs is 1. The van der Waals surface area contributed by atoms with Gasteiger partial charge in [0.25, 0.3) is 0 Å². The molecule has 0 spiro atoms. The number of hydrogen-bond acceptors (Lipinski definition) is 4. The van der Waals surface area contributed by atoms with Crippen LogP contribution in [-0.4, -0.2) is 53.7 Å². The van der Waals surface area contributed by atoms with Gasteiger partial charge in [0.1, 0.15) is 5.82 Å². The first kappa shape index (κ1) is 13.6. The fourth-order valence-electron chi connectivity index (χ4n) is 3.27. The summed E-state index contributed by atoms with van der Waals surface area (Å²) in [5, 5.41) is 2.97. The van der Waals surface area contributed by atoms with Gasteiger partial charge in [-0.2, -0.15) is 0 Å². The van der Waals surface area contributed by atoms with Crippen molar-refractivity contribution < 1.29 is 9.53 Å². The number of methoxy groups -OCH3 is 1. The molecule has 2 fully saturated rings. The van der Waals surface area contributed by atoms with E-state index in [1.807, 2.05) is 12.4 Å². The lowest BCUT2D eigenvalue weighted by atomic mass is 9.89. The minimum absolute atomic E-state index is 0.203. The fraction of sp³-hybridized carbons (Fsp3) is 0.714. The molecule has 110 valence electrons. The maximum Gasteiger partial charge on any atom is 0.220 e. The van der Waals surface area contributed by atoms with Crippen LogP contribution in [0.4, 0.5) is 0 Å². The molecule has 1 aromatic heterocycles. The number of ether oxygens (including phenoxy) is 1. The number of carbonyl (C=O) groups excluding carboxylic acids is 1. The average Bonchev–Trinajstić information content (AvgIpc) is 3.02. The molecule has 2 aliphatic rings. The third-order valence-electron chi connectivity index (χ3n) is 4.36. The summed E-state index contributed by atoms with van der Waals surface area (Å²) in [5.74, 6) is 2.41. The summed E-state index contributed by atoms with van der Waals surface area (Å²) in [4.78, 5) is 18.3. The highest BCUT2D eigenvalue weighted by molar-refractivity contribution is 5.77. The monoisotopic (exact) mass is 278 g/mol. The van der Waals surface area contributed by atoms with E-state index in [2.05, 4.69) is 19.8 Å². The summed E-state index contributed by atoms with van der Waals surface area (Å²) >= 11 is 0. The molecule has 0 aromatic carbocycles. The minimum Gasteiger partial charge on any atom is -0.383 e. The van der Waals surface area contributed by atoms with Crippen LogP contribution in [0, 0.1) is 11.8 Å². The van der Waals surface area contributed by atoms with Gasteiger partial charge in [-0.3, -0.25) is 9.69 Å². The predicted molar refractivity (Wildman–Crippen MR) is 74.0 cm³/mol. The van der Waals surface area contributed by atoms with E-state index < -0.39 is 0 Å². The number of carbonyl (C=O) groups is 1. The molecule has 0 bridgehead atoms. The van der Waals surface area contributed by atoms with Crippen LogP contribution < -0.4 is 5.32 Å². The van der Waals surface area contributed by atoms with Gasteiger partial charge in [0.15, 0.2) is 0 Å². The number of nitrogens with one attached hydrogen (secondary N) is 1. The Labute approximate surface area is 119 Å². The Bertz CT molecular complexity index is 473. The number of piperidine rings is 1. The lowest BCUT2D eigenvalue weighted by Crippen LogP contribution is -2.39. The van der Waals surface area contributed by atoms with Gasteiger partial charge in [-0.1, -0.05) is 0 Å². The first-order valence-electron chi connectivity index (χ1n) is 7.24. The summed E-state index contributed by atoms with van der Waals surface area (Å²) in [7, 11) is 1.71. The topological polar surface area (TPSA) is 59.4 Å². The molecule has 1 N–H and O–H groups in total. The Balaban J connectivity index is 1.59. The van der Waals surface area contributed by atoms with E-state index in [4.69, 9.17) is 4.74 Å². The number of rotatable bonds is 5. The van der Waals surface area contributed by atoms with Gasteiger partial charge in [0.2, 0.25) is 5.91 Å². The van der Waals surface area contributed by atoms with Crippen LogP contribution in [0.1, 0.15) is 12.2 Å². The van der Waals surface area contributed by atoms with Crippen LogP contribution in [0.3, 0.4) is 0 Å². The van der Waals surface area contributed by atoms with E-state index >= 15 is 0 Å². The standard InChI is InChI=1S/C14H22N4O2/c1-20-5-4-18-3-2-15-13(18)10-17-8-11-6-14(19)16-7-12(11)9-17/h2-3,11-12H,4-10H2,1H3,(H,16,19)/t11-,12+/m1/s1. The molecule has 0 aliphatic carbocycles. The number of nitrogens with zero attached hydrogens (tertiary/aromatic N) is 3. The van der Waals surface area contributed by atoms with E-state index in [0.717, 1.165) is 38.5 Å². The van der Waals surface area contributed by atoms with Gasteiger partial charge >= 0.3 is 0 Å². The Kier molecular flexibility index (Phi) is 4.03. The number of aromatic nitrogens is 2. The first-order chi connectivity index (χ1) is 9.76. The van der Waals surface area contributed by atoms with Crippen molar-refractivity contribution in [1.82, 2.24) is 19.8 Å². The SMILES string of the molecule is COCCn1ccnc1CN1C[C@H]2CC(=O)NC[C@H]2C1. The third kappa shape index (κ3) is 2.86.